The highest BCUT2D eigenvalue weighted by Crippen LogP contribution is 2.24. The van der Waals surface area contributed by atoms with Crippen molar-refractivity contribution in [3.05, 3.63) is 42.2 Å². The van der Waals surface area contributed by atoms with Crippen LogP contribution in [0.1, 0.15) is 12.0 Å². The predicted molar refractivity (Wildman–Crippen MR) is 72.1 cm³/mol. The third-order valence-electron chi connectivity index (χ3n) is 2.74. The lowest BCUT2D eigenvalue weighted by molar-refractivity contribution is 0.288. The molecule has 0 aliphatic rings. The maximum atomic E-state index is 8.81. The molecule has 2 aromatic heterocycles. The zero-order valence-electron chi connectivity index (χ0n) is 9.78. The molecule has 0 radical (unpaired) electrons. The van der Waals surface area contributed by atoms with Crippen LogP contribution in [0.5, 0.6) is 0 Å². The topological polar surface area (TPSA) is 50.9 Å². The minimum absolute atomic E-state index is 0.215. The van der Waals surface area contributed by atoms with Crippen molar-refractivity contribution in [3.8, 4) is 5.13 Å². The van der Waals surface area contributed by atoms with Crippen molar-refractivity contribution < 1.29 is 5.11 Å². The second-order valence-electron chi connectivity index (χ2n) is 4.08. The molecule has 4 nitrogen and oxygen atoms in total. The lowest BCUT2D eigenvalue weighted by Gasteiger charge is -1.93. The number of hydrogen-bond acceptors (Lipinski definition) is 4. The van der Waals surface area contributed by atoms with Crippen LogP contribution in [0, 0.1) is 0 Å². The van der Waals surface area contributed by atoms with Crippen LogP contribution in [0.15, 0.2) is 36.7 Å². The molecule has 0 aliphatic carbocycles. The molecule has 18 heavy (non-hydrogen) atoms. The van der Waals surface area contributed by atoms with Gasteiger partial charge in [0.05, 0.1) is 16.4 Å². The fraction of sp³-hybridized carbons (Fsp3) is 0.231. The summed E-state index contributed by atoms with van der Waals surface area (Å²) < 4.78 is 2.97. The Hall–Kier alpha value is -1.72. The molecule has 0 aliphatic heterocycles. The number of para-hydroxylation sites is 1. The Morgan fingerprint density at radius 1 is 1.28 bits per heavy atom. The molecule has 5 heteroatoms. The van der Waals surface area contributed by atoms with Gasteiger partial charge in [0.2, 0.25) is 5.13 Å². The number of aliphatic hydroxyl groups excluding tert-OH is 1. The van der Waals surface area contributed by atoms with Gasteiger partial charge in [-0.15, -0.1) is 0 Å². The number of fused-ring (bicyclic) bond motifs is 1. The van der Waals surface area contributed by atoms with Crippen LogP contribution >= 0.6 is 11.3 Å². The van der Waals surface area contributed by atoms with Gasteiger partial charge in [0.1, 0.15) is 0 Å². The summed E-state index contributed by atoms with van der Waals surface area (Å²) in [5.41, 5.74) is 2.13. The summed E-state index contributed by atoms with van der Waals surface area (Å²) >= 11 is 1.63. The Bertz CT molecular complexity index is 626. The summed E-state index contributed by atoms with van der Waals surface area (Å²) in [5.74, 6) is 0. The Labute approximate surface area is 109 Å². The average molecular weight is 259 g/mol. The monoisotopic (exact) mass is 259 g/mol. The van der Waals surface area contributed by atoms with Crippen molar-refractivity contribution in [2.75, 3.05) is 6.61 Å². The van der Waals surface area contributed by atoms with E-state index in [1.54, 1.807) is 16.0 Å². The smallest absolute Gasteiger partial charge is 0.211 e. The van der Waals surface area contributed by atoms with Crippen LogP contribution < -0.4 is 0 Å². The van der Waals surface area contributed by atoms with Crippen LogP contribution in [0.2, 0.25) is 0 Å². The number of aromatic nitrogens is 3. The first-order valence-electron chi connectivity index (χ1n) is 5.87. The van der Waals surface area contributed by atoms with Gasteiger partial charge in [-0.1, -0.05) is 23.5 Å². The van der Waals surface area contributed by atoms with Gasteiger partial charge in [0.25, 0.3) is 0 Å². The summed E-state index contributed by atoms with van der Waals surface area (Å²) in [6.07, 6.45) is 5.43. The molecule has 0 unspecified atom stereocenters. The molecule has 1 N–H and O–H groups in total. The zero-order valence-corrected chi connectivity index (χ0v) is 10.6. The molecule has 92 valence electrons. The van der Waals surface area contributed by atoms with Crippen molar-refractivity contribution in [2.45, 2.75) is 12.8 Å². The Morgan fingerprint density at radius 2 is 2.17 bits per heavy atom. The molecule has 3 aromatic rings. The van der Waals surface area contributed by atoms with Gasteiger partial charge in [-0.25, -0.2) is 9.67 Å². The van der Waals surface area contributed by atoms with Gasteiger partial charge in [-0.2, -0.15) is 5.10 Å². The van der Waals surface area contributed by atoms with Gasteiger partial charge < -0.3 is 5.11 Å². The molecular formula is C13H13N3OS. The second-order valence-corrected chi connectivity index (χ2v) is 5.09. The van der Waals surface area contributed by atoms with Crippen molar-refractivity contribution >= 4 is 21.6 Å². The summed E-state index contributed by atoms with van der Waals surface area (Å²) in [7, 11) is 0. The lowest BCUT2D eigenvalue weighted by atomic mass is 10.2. The molecular weight excluding hydrogens is 246 g/mol. The van der Waals surface area contributed by atoms with Crippen LogP contribution in [0.25, 0.3) is 15.3 Å². The number of aryl methyl sites for hydroxylation is 1. The molecule has 0 spiro atoms. The van der Waals surface area contributed by atoms with Gasteiger partial charge in [0, 0.05) is 12.8 Å². The fourth-order valence-electron chi connectivity index (χ4n) is 1.84. The van der Waals surface area contributed by atoms with Crippen LogP contribution in [-0.4, -0.2) is 26.5 Å². The van der Waals surface area contributed by atoms with E-state index in [1.807, 2.05) is 30.6 Å². The molecule has 1 aromatic carbocycles. The number of benzene rings is 1. The van der Waals surface area contributed by atoms with Crippen LogP contribution in [0.3, 0.4) is 0 Å². The Kier molecular flexibility index (Phi) is 3.08. The molecule has 0 fully saturated rings. The van der Waals surface area contributed by atoms with Crippen molar-refractivity contribution in [3.63, 3.8) is 0 Å². The molecule has 2 heterocycles. The first-order valence-corrected chi connectivity index (χ1v) is 6.69. The molecule has 0 bridgehead atoms. The summed E-state index contributed by atoms with van der Waals surface area (Å²) in [5, 5.41) is 14.0. The third kappa shape index (κ3) is 2.14. The normalized spacial score (nSPS) is 11.2. The van der Waals surface area contributed by atoms with Crippen molar-refractivity contribution in [2.24, 2.45) is 0 Å². The SMILES string of the molecule is OCCCc1cnn(-c2nc3ccccc3s2)c1. The standard InChI is InChI=1S/C13H13N3OS/c17-7-3-4-10-8-14-16(9-10)13-15-11-5-1-2-6-12(11)18-13/h1-2,5-6,8-9,17H,3-4,7H2. The largest absolute Gasteiger partial charge is 0.396 e. The van der Waals surface area contributed by atoms with E-state index >= 15 is 0 Å². The van der Waals surface area contributed by atoms with Gasteiger partial charge in [-0.05, 0) is 30.5 Å². The predicted octanol–water partition coefficient (Wildman–Crippen LogP) is 2.41. The van der Waals surface area contributed by atoms with Gasteiger partial charge in [0.15, 0.2) is 0 Å². The highest BCUT2D eigenvalue weighted by molar-refractivity contribution is 7.20. The number of hydrogen-bond donors (Lipinski definition) is 1. The van der Waals surface area contributed by atoms with E-state index in [9.17, 15) is 0 Å². The van der Waals surface area contributed by atoms with Crippen LogP contribution in [0.4, 0.5) is 0 Å². The van der Waals surface area contributed by atoms with E-state index in [2.05, 4.69) is 16.1 Å². The van der Waals surface area contributed by atoms with E-state index < -0.39 is 0 Å². The van der Waals surface area contributed by atoms with E-state index in [1.165, 1.54) is 4.70 Å². The number of thiazole rings is 1. The van der Waals surface area contributed by atoms with Crippen LogP contribution in [-0.2, 0) is 6.42 Å². The van der Waals surface area contributed by atoms with Crippen molar-refractivity contribution in [1.29, 1.82) is 0 Å². The number of nitrogens with zero attached hydrogens (tertiary/aromatic N) is 3. The Morgan fingerprint density at radius 3 is 3.00 bits per heavy atom. The summed E-state index contributed by atoms with van der Waals surface area (Å²) in [4.78, 5) is 4.55. The first kappa shape index (κ1) is 11.4. The van der Waals surface area contributed by atoms with E-state index in [4.69, 9.17) is 5.11 Å². The summed E-state index contributed by atoms with van der Waals surface area (Å²) in [6, 6.07) is 8.07. The van der Waals surface area contributed by atoms with E-state index in [0.717, 1.165) is 29.1 Å². The fourth-order valence-corrected chi connectivity index (χ4v) is 2.73. The quantitative estimate of drug-likeness (QED) is 0.782. The maximum absolute atomic E-state index is 8.81. The molecule has 0 amide bonds. The first-order chi connectivity index (χ1) is 8.86. The number of rotatable bonds is 4. The molecule has 0 saturated carbocycles. The minimum atomic E-state index is 0.215. The number of aliphatic hydroxyl groups is 1. The van der Waals surface area contributed by atoms with Gasteiger partial charge in [-0.3, -0.25) is 0 Å². The zero-order chi connectivity index (χ0) is 12.4. The lowest BCUT2D eigenvalue weighted by Crippen LogP contribution is -1.92. The average Bonchev–Trinajstić information content (AvgIpc) is 3.02. The van der Waals surface area contributed by atoms with E-state index in [-0.39, 0.29) is 6.61 Å². The molecule has 3 rings (SSSR count). The highest BCUT2D eigenvalue weighted by Gasteiger charge is 2.06. The minimum Gasteiger partial charge on any atom is -0.396 e. The summed E-state index contributed by atoms with van der Waals surface area (Å²) in [6.45, 7) is 0.215. The van der Waals surface area contributed by atoms with Crippen molar-refractivity contribution in [1.82, 2.24) is 14.8 Å². The third-order valence-corrected chi connectivity index (χ3v) is 3.76. The molecule has 0 saturated heterocycles. The second kappa shape index (κ2) is 4.88. The Balaban J connectivity index is 1.91. The van der Waals surface area contributed by atoms with Gasteiger partial charge >= 0.3 is 0 Å². The highest BCUT2D eigenvalue weighted by atomic mass is 32.1. The molecule has 0 atom stereocenters. The van der Waals surface area contributed by atoms with E-state index in [0.29, 0.717) is 0 Å². The maximum Gasteiger partial charge on any atom is 0.211 e.